The summed E-state index contributed by atoms with van der Waals surface area (Å²) in [6.07, 6.45) is -0.300. The third-order valence-electron chi connectivity index (χ3n) is 3.46. The Morgan fingerprint density at radius 1 is 1.52 bits per heavy atom. The lowest BCUT2D eigenvalue weighted by molar-refractivity contribution is -0.384. The quantitative estimate of drug-likeness (QED) is 0.528. The molecule has 2 unspecified atom stereocenters. The monoisotopic (exact) mass is 357 g/mol. The molecule has 0 saturated carbocycles. The largest absolute Gasteiger partial charge is 0.391 e. The van der Waals surface area contributed by atoms with Crippen LogP contribution < -0.4 is 10.6 Å². The van der Waals surface area contributed by atoms with E-state index in [-0.39, 0.29) is 23.9 Å². The van der Waals surface area contributed by atoms with Gasteiger partial charge in [0.1, 0.15) is 0 Å². The van der Waals surface area contributed by atoms with Crippen molar-refractivity contribution in [3.8, 4) is 0 Å². The molecule has 0 aromatic heterocycles. The van der Waals surface area contributed by atoms with Gasteiger partial charge in [-0.1, -0.05) is 22.0 Å². The lowest BCUT2D eigenvalue weighted by atomic mass is 10.1. The Bertz CT molecular complexity index is 552. The van der Waals surface area contributed by atoms with Gasteiger partial charge in [0.25, 0.3) is 5.69 Å². The van der Waals surface area contributed by atoms with Crippen molar-refractivity contribution < 1.29 is 14.8 Å². The number of β-amino-alcohol motifs (C(OH)–C–C–N with tert-alkyl or cyclic N) is 1. The van der Waals surface area contributed by atoms with Crippen molar-refractivity contribution in [2.75, 3.05) is 19.6 Å². The maximum absolute atomic E-state index is 11.9. The van der Waals surface area contributed by atoms with Crippen molar-refractivity contribution in [2.24, 2.45) is 5.92 Å². The second kappa shape index (κ2) is 6.97. The fourth-order valence-corrected chi connectivity index (χ4v) is 2.71. The molecule has 8 heteroatoms. The fraction of sp³-hybridized carbons (Fsp3) is 0.462. The molecule has 0 aliphatic carbocycles. The van der Waals surface area contributed by atoms with E-state index in [1.165, 1.54) is 12.1 Å². The average Bonchev–Trinajstić information content (AvgIpc) is 2.84. The first-order chi connectivity index (χ1) is 9.97. The van der Waals surface area contributed by atoms with Crippen LogP contribution in [0.5, 0.6) is 0 Å². The van der Waals surface area contributed by atoms with Crippen LogP contribution in [0.25, 0.3) is 0 Å². The fourth-order valence-electron chi connectivity index (χ4n) is 2.20. The molecule has 1 aromatic carbocycles. The normalized spacial score (nSPS) is 21.2. The zero-order valence-corrected chi connectivity index (χ0v) is 12.8. The summed E-state index contributed by atoms with van der Waals surface area (Å²) in [5.41, 5.74) is 0.661. The molecule has 0 spiro atoms. The number of amides is 1. The van der Waals surface area contributed by atoms with Gasteiger partial charge in [0.15, 0.2) is 0 Å². The molecule has 1 amide bonds. The second-order valence-electron chi connectivity index (χ2n) is 5.00. The predicted molar refractivity (Wildman–Crippen MR) is 79.9 cm³/mol. The SMILES string of the molecule is O=C(Cc1ccc([N+](=O)[O-])cc1Br)NCC1CNCC1O. The van der Waals surface area contributed by atoms with E-state index in [1.54, 1.807) is 6.07 Å². The molecule has 3 N–H and O–H groups in total. The van der Waals surface area contributed by atoms with Gasteiger partial charge in [0.05, 0.1) is 17.4 Å². The number of benzene rings is 1. The molecule has 1 fully saturated rings. The van der Waals surface area contributed by atoms with E-state index in [0.717, 1.165) is 0 Å². The maximum Gasteiger partial charge on any atom is 0.270 e. The van der Waals surface area contributed by atoms with Crippen molar-refractivity contribution in [1.82, 2.24) is 10.6 Å². The highest BCUT2D eigenvalue weighted by atomic mass is 79.9. The first kappa shape index (κ1) is 15.9. The Kier molecular flexibility index (Phi) is 5.27. The van der Waals surface area contributed by atoms with Gasteiger partial charge < -0.3 is 15.7 Å². The second-order valence-corrected chi connectivity index (χ2v) is 5.85. The summed E-state index contributed by atoms with van der Waals surface area (Å²) in [6.45, 7) is 1.65. The lowest BCUT2D eigenvalue weighted by Crippen LogP contribution is -2.35. The highest BCUT2D eigenvalue weighted by Gasteiger charge is 2.25. The van der Waals surface area contributed by atoms with Gasteiger partial charge in [0, 0.05) is 42.2 Å². The van der Waals surface area contributed by atoms with E-state index in [0.29, 0.717) is 29.7 Å². The molecular weight excluding hydrogens is 342 g/mol. The number of nitrogens with one attached hydrogen (secondary N) is 2. The summed E-state index contributed by atoms with van der Waals surface area (Å²) in [6, 6.07) is 4.32. The molecule has 1 saturated heterocycles. The number of aliphatic hydroxyl groups excluding tert-OH is 1. The maximum atomic E-state index is 11.9. The average molecular weight is 358 g/mol. The Morgan fingerprint density at radius 2 is 2.29 bits per heavy atom. The number of nitrogens with zero attached hydrogens (tertiary/aromatic N) is 1. The summed E-state index contributed by atoms with van der Waals surface area (Å²) < 4.78 is 0.536. The number of non-ortho nitro benzene ring substituents is 1. The minimum atomic E-state index is -0.483. The molecule has 0 bridgehead atoms. The van der Waals surface area contributed by atoms with Crippen LogP contribution in [0.3, 0.4) is 0 Å². The number of halogens is 1. The van der Waals surface area contributed by atoms with Gasteiger partial charge in [-0.15, -0.1) is 0 Å². The molecule has 1 aliphatic rings. The van der Waals surface area contributed by atoms with Crippen LogP contribution in [-0.4, -0.2) is 41.7 Å². The zero-order valence-electron chi connectivity index (χ0n) is 11.2. The number of aliphatic hydroxyl groups is 1. The number of nitro groups is 1. The molecule has 1 aliphatic heterocycles. The zero-order chi connectivity index (χ0) is 15.4. The van der Waals surface area contributed by atoms with Crippen LogP contribution in [0.2, 0.25) is 0 Å². The van der Waals surface area contributed by atoms with Crippen molar-refractivity contribution in [1.29, 1.82) is 0 Å². The highest BCUT2D eigenvalue weighted by molar-refractivity contribution is 9.10. The van der Waals surface area contributed by atoms with Crippen LogP contribution in [0, 0.1) is 16.0 Å². The third-order valence-corrected chi connectivity index (χ3v) is 4.20. The molecule has 0 radical (unpaired) electrons. The van der Waals surface area contributed by atoms with Crippen molar-refractivity contribution in [2.45, 2.75) is 12.5 Å². The molecule has 21 heavy (non-hydrogen) atoms. The van der Waals surface area contributed by atoms with Gasteiger partial charge in [0.2, 0.25) is 5.91 Å². The summed E-state index contributed by atoms with van der Waals surface area (Å²) in [5.74, 6) is -0.155. The standard InChI is InChI=1S/C13H16BrN3O4/c14-11-4-10(17(20)21)2-1-8(11)3-13(19)16-6-9-5-15-7-12(9)18/h1-2,4,9,12,15,18H,3,5-7H2,(H,16,19). The van der Waals surface area contributed by atoms with Crippen molar-refractivity contribution in [3.05, 3.63) is 38.3 Å². The molecule has 2 atom stereocenters. The summed E-state index contributed by atoms with van der Waals surface area (Å²) in [5, 5.41) is 26.1. The Labute approximate surface area is 130 Å². The molecular formula is C13H16BrN3O4. The summed E-state index contributed by atoms with van der Waals surface area (Å²) in [4.78, 5) is 22.0. The van der Waals surface area contributed by atoms with Gasteiger partial charge >= 0.3 is 0 Å². The van der Waals surface area contributed by atoms with Crippen LogP contribution in [-0.2, 0) is 11.2 Å². The minimum Gasteiger partial charge on any atom is -0.391 e. The number of carbonyl (C=O) groups excluding carboxylic acids is 1. The summed E-state index contributed by atoms with van der Waals surface area (Å²) >= 11 is 3.24. The van der Waals surface area contributed by atoms with E-state index in [2.05, 4.69) is 26.6 Å². The first-order valence-corrected chi connectivity index (χ1v) is 7.35. The molecule has 1 aromatic rings. The van der Waals surface area contributed by atoms with Crippen LogP contribution in [0.1, 0.15) is 5.56 Å². The number of nitro benzene ring substituents is 1. The first-order valence-electron chi connectivity index (χ1n) is 6.55. The lowest BCUT2D eigenvalue weighted by Gasteiger charge is -2.14. The van der Waals surface area contributed by atoms with Gasteiger partial charge in [-0.05, 0) is 5.56 Å². The number of hydrogen-bond donors (Lipinski definition) is 3. The Morgan fingerprint density at radius 3 is 2.86 bits per heavy atom. The van der Waals surface area contributed by atoms with E-state index in [9.17, 15) is 20.0 Å². The van der Waals surface area contributed by atoms with Crippen molar-refractivity contribution in [3.63, 3.8) is 0 Å². The number of carbonyl (C=O) groups is 1. The van der Waals surface area contributed by atoms with Gasteiger partial charge in [-0.25, -0.2) is 0 Å². The smallest absolute Gasteiger partial charge is 0.270 e. The Balaban J connectivity index is 1.89. The topological polar surface area (TPSA) is 104 Å². The van der Waals surface area contributed by atoms with Crippen LogP contribution in [0.4, 0.5) is 5.69 Å². The Hall–Kier alpha value is -1.51. The van der Waals surface area contributed by atoms with E-state index >= 15 is 0 Å². The molecule has 7 nitrogen and oxygen atoms in total. The van der Waals surface area contributed by atoms with E-state index in [4.69, 9.17) is 0 Å². The summed E-state index contributed by atoms with van der Waals surface area (Å²) in [7, 11) is 0. The van der Waals surface area contributed by atoms with E-state index < -0.39 is 11.0 Å². The van der Waals surface area contributed by atoms with Crippen LogP contribution in [0.15, 0.2) is 22.7 Å². The van der Waals surface area contributed by atoms with Crippen molar-refractivity contribution >= 4 is 27.5 Å². The molecule has 114 valence electrons. The van der Waals surface area contributed by atoms with Crippen LogP contribution >= 0.6 is 15.9 Å². The third kappa shape index (κ3) is 4.23. The number of hydrogen-bond acceptors (Lipinski definition) is 5. The van der Waals surface area contributed by atoms with Gasteiger partial charge in [-0.3, -0.25) is 14.9 Å². The highest BCUT2D eigenvalue weighted by Crippen LogP contribution is 2.23. The predicted octanol–water partition coefficient (Wildman–Crippen LogP) is 0.596. The van der Waals surface area contributed by atoms with E-state index in [1.807, 2.05) is 0 Å². The number of rotatable bonds is 5. The molecule has 1 heterocycles. The molecule has 2 rings (SSSR count). The minimum absolute atomic E-state index is 0.0221. The van der Waals surface area contributed by atoms with Gasteiger partial charge in [-0.2, -0.15) is 0 Å².